The largest absolute Gasteiger partial charge is 0.506 e. The molecule has 0 bridgehead atoms. The highest BCUT2D eigenvalue weighted by molar-refractivity contribution is 7.89. The minimum Gasteiger partial charge on any atom is -0.506 e. The molecule has 1 saturated heterocycles. The molecule has 152 valence electrons. The summed E-state index contributed by atoms with van der Waals surface area (Å²) in [6.45, 7) is 3.68. The molecule has 1 aliphatic rings. The quantitative estimate of drug-likeness (QED) is 0.627. The second-order valence-corrected chi connectivity index (χ2v) is 9.03. The van der Waals surface area contributed by atoms with Gasteiger partial charge in [0, 0.05) is 36.7 Å². The molecule has 3 aromatic rings. The highest BCUT2D eigenvalue weighted by Crippen LogP contribution is 2.30. The molecule has 2 N–H and O–H groups in total. The van der Waals surface area contributed by atoms with Crippen molar-refractivity contribution in [3.05, 3.63) is 54.2 Å². The third-order valence-corrected chi connectivity index (χ3v) is 7.19. The van der Waals surface area contributed by atoms with E-state index in [1.165, 1.54) is 22.5 Å². The monoisotopic (exact) mass is 413 g/mol. The molecule has 0 aliphatic carbocycles. The smallest absolute Gasteiger partial charge is 0.257 e. The topological polar surface area (TPSA) is 91.6 Å². The van der Waals surface area contributed by atoms with Gasteiger partial charge in [0.1, 0.15) is 5.75 Å². The van der Waals surface area contributed by atoms with Gasteiger partial charge in [-0.3, -0.25) is 4.79 Å². The van der Waals surface area contributed by atoms with Crippen LogP contribution in [0.2, 0.25) is 0 Å². The Balaban J connectivity index is 1.67. The van der Waals surface area contributed by atoms with Gasteiger partial charge in [0.15, 0.2) is 0 Å². The molecule has 2 heterocycles. The first-order valence-corrected chi connectivity index (χ1v) is 11.1. The lowest BCUT2D eigenvalue weighted by Crippen LogP contribution is -2.28. The van der Waals surface area contributed by atoms with Gasteiger partial charge in [-0.1, -0.05) is 18.2 Å². The molecule has 29 heavy (non-hydrogen) atoms. The molecule has 1 aromatic heterocycles. The molecular formula is C21H23N3O4S. The number of carbonyl (C=O) groups is 1. The molecule has 4 rings (SSSR count). The summed E-state index contributed by atoms with van der Waals surface area (Å²) in [5.41, 5.74) is 1.48. The van der Waals surface area contributed by atoms with Gasteiger partial charge in [-0.25, -0.2) is 8.42 Å². The van der Waals surface area contributed by atoms with E-state index in [-0.39, 0.29) is 16.3 Å². The van der Waals surface area contributed by atoms with Crippen molar-refractivity contribution in [1.29, 1.82) is 0 Å². The van der Waals surface area contributed by atoms with Crippen LogP contribution in [0.4, 0.5) is 5.69 Å². The summed E-state index contributed by atoms with van der Waals surface area (Å²) in [5, 5.41) is 13.7. The molecule has 2 aromatic carbocycles. The van der Waals surface area contributed by atoms with Gasteiger partial charge in [-0.05, 0) is 44.0 Å². The van der Waals surface area contributed by atoms with Gasteiger partial charge in [0.2, 0.25) is 10.0 Å². The molecule has 0 saturated carbocycles. The molecule has 0 atom stereocenters. The Morgan fingerprint density at radius 1 is 1.14 bits per heavy atom. The van der Waals surface area contributed by atoms with Gasteiger partial charge >= 0.3 is 0 Å². The van der Waals surface area contributed by atoms with E-state index in [4.69, 9.17) is 0 Å². The van der Waals surface area contributed by atoms with E-state index in [2.05, 4.69) is 5.32 Å². The van der Waals surface area contributed by atoms with Crippen LogP contribution in [0.15, 0.2) is 53.6 Å². The number of aryl methyl sites for hydroxylation is 1. The number of hydrogen-bond donors (Lipinski definition) is 2. The maximum Gasteiger partial charge on any atom is 0.257 e. The summed E-state index contributed by atoms with van der Waals surface area (Å²) >= 11 is 0. The van der Waals surface area contributed by atoms with Crippen molar-refractivity contribution in [3.63, 3.8) is 0 Å². The summed E-state index contributed by atoms with van der Waals surface area (Å²) in [6, 6.07) is 11.6. The SMILES string of the molecule is CCn1cc(C(=O)Nc2cc(S(=O)(=O)N3CCCC3)ccc2O)c2ccccc21. The highest BCUT2D eigenvalue weighted by atomic mass is 32.2. The molecule has 7 nitrogen and oxygen atoms in total. The van der Waals surface area contributed by atoms with Gasteiger partial charge in [0.05, 0.1) is 16.1 Å². The van der Waals surface area contributed by atoms with E-state index in [1.54, 1.807) is 6.20 Å². The van der Waals surface area contributed by atoms with E-state index < -0.39 is 15.9 Å². The van der Waals surface area contributed by atoms with Crippen LogP contribution in [0, 0.1) is 0 Å². The van der Waals surface area contributed by atoms with E-state index in [0.29, 0.717) is 25.2 Å². The number of nitrogens with one attached hydrogen (secondary N) is 1. The average molecular weight is 413 g/mol. The number of rotatable bonds is 5. The van der Waals surface area contributed by atoms with Crippen LogP contribution in [0.3, 0.4) is 0 Å². The number of benzene rings is 2. The van der Waals surface area contributed by atoms with Crippen LogP contribution >= 0.6 is 0 Å². The zero-order chi connectivity index (χ0) is 20.6. The number of hydrogen-bond acceptors (Lipinski definition) is 4. The maximum absolute atomic E-state index is 12.9. The van der Waals surface area contributed by atoms with Gasteiger partial charge in [-0.15, -0.1) is 0 Å². The number of aromatic hydroxyl groups is 1. The van der Waals surface area contributed by atoms with Gasteiger partial charge in [0.25, 0.3) is 5.91 Å². The Hall–Kier alpha value is -2.84. The number of anilines is 1. The molecule has 1 amide bonds. The number of amides is 1. The van der Waals surface area contributed by atoms with Crippen molar-refractivity contribution >= 4 is 32.5 Å². The summed E-state index contributed by atoms with van der Waals surface area (Å²) < 4.78 is 29.0. The number of fused-ring (bicyclic) bond motifs is 1. The first-order chi connectivity index (χ1) is 13.9. The fourth-order valence-corrected chi connectivity index (χ4v) is 5.28. The lowest BCUT2D eigenvalue weighted by atomic mass is 10.1. The van der Waals surface area contributed by atoms with Crippen molar-refractivity contribution in [2.75, 3.05) is 18.4 Å². The predicted octanol–water partition coefficient (Wildman–Crippen LogP) is 3.40. The first-order valence-electron chi connectivity index (χ1n) is 9.64. The zero-order valence-electron chi connectivity index (χ0n) is 16.1. The Morgan fingerprint density at radius 3 is 2.59 bits per heavy atom. The second-order valence-electron chi connectivity index (χ2n) is 7.09. The van der Waals surface area contributed by atoms with Gasteiger partial charge in [-0.2, -0.15) is 4.31 Å². The Kier molecular flexibility index (Phi) is 5.06. The van der Waals surface area contributed by atoms with E-state index >= 15 is 0 Å². The number of phenolic OH excluding ortho intramolecular Hbond substituents is 1. The van der Waals surface area contributed by atoms with Crippen molar-refractivity contribution in [2.45, 2.75) is 31.2 Å². The van der Waals surface area contributed by atoms with Crippen LogP contribution in [-0.4, -0.2) is 41.4 Å². The lowest BCUT2D eigenvalue weighted by molar-refractivity contribution is 0.102. The van der Waals surface area contributed by atoms with Crippen LogP contribution in [0.1, 0.15) is 30.1 Å². The van der Waals surface area contributed by atoms with Crippen molar-refractivity contribution < 1.29 is 18.3 Å². The van der Waals surface area contributed by atoms with Crippen molar-refractivity contribution in [3.8, 4) is 5.75 Å². The minimum atomic E-state index is -3.65. The predicted molar refractivity (Wildman–Crippen MR) is 112 cm³/mol. The number of nitrogens with zero attached hydrogens (tertiary/aromatic N) is 2. The minimum absolute atomic E-state index is 0.0588. The summed E-state index contributed by atoms with van der Waals surface area (Å²) in [4.78, 5) is 13.0. The van der Waals surface area contributed by atoms with E-state index in [9.17, 15) is 18.3 Å². The van der Waals surface area contributed by atoms with Crippen LogP contribution in [-0.2, 0) is 16.6 Å². The average Bonchev–Trinajstić information content (AvgIpc) is 3.38. The summed E-state index contributed by atoms with van der Waals surface area (Å²) in [6.07, 6.45) is 3.44. The number of para-hydroxylation sites is 1. The number of carbonyl (C=O) groups excluding carboxylic acids is 1. The molecule has 8 heteroatoms. The molecule has 1 fully saturated rings. The first kappa shape index (κ1) is 19.5. The van der Waals surface area contributed by atoms with Crippen molar-refractivity contribution in [1.82, 2.24) is 8.87 Å². The fourth-order valence-electron chi connectivity index (χ4n) is 3.73. The second kappa shape index (κ2) is 7.53. The van der Waals surface area contributed by atoms with Crippen molar-refractivity contribution in [2.24, 2.45) is 0 Å². The normalized spacial score (nSPS) is 15.1. The molecule has 0 spiro atoms. The third kappa shape index (κ3) is 3.49. The van der Waals surface area contributed by atoms with Gasteiger partial charge < -0.3 is 15.0 Å². The molecule has 0 unspecified atom stereocenters. The van der Waals surface area contributed by atoms with Crippen LogP contribution in [0.5, 0.6) is 5.75 Å². The Bertz CT molecular complexity index is 1180. The fraction of sp³-hybridized carbons (Fsp3) is 0.286. The number of aromatic nitrogens is 1. The molecule has 0 radical (unpaired) electrons. The van der Waals surface area contributed by atoms with E-state index in [1.807, 2.05) is 35.8 Å². The third-order valence-electron chi connectivity index (χ3n) is 5.29. The highest BCUT2D eigenvalue weighted by Gasteiger charge is 2.28. The summed E-state index contributed by atoms with van der Waals surface area (Å²) in [7, 11) is -3.65. The Morgan fingerprint density at radius 2 is 1.86 bits per heavy atom. The number of sulfonamides is 1. The van der Waals surface area contributed by atoms with Crippen LogP contribution in [0.25, 0.3) is 10.9 Å². The molecular weight excluding hydrogens is 390 g/mol. The zero-order valence-corrected chi connectivity index (χ0v) is 16.9. The maximum atomic E-state index is 12.9. The standard InChI is InChI=1S/C21H23N3O4S/c1-2-23-14-17(16-7-3-4-8-19(16)23)21(26)22-18-13-15(9-10-20(18)25)29(27,28)24-11-5-6-12-24/h3-4,7-10,13-14,25H,2,5-6,11-12H2,1H3,(H,22,26). The van der Waals surface area contributed by atoms with E-state index in [0.717, 1.165) is 23.7 Å². The summed E-state index contributed by atoms with van der Waals surface area (Å²) in [5.74, 6) is -0.586. The number of phenols is 1. The lowest BCUT2D eigenvalue weighted by Gasteiger charge is -2.16. The molecule has 1 aliphatic heterocycles. The van der Waals surface area contributed by atoms with Crippen LogP contribution < -0.4 is 5.32 Å². The Labute approximate surface area is 169 Å².